The molecule has 0 radical (unpaired) electrons. The Morgan fingerprint density at radius 1 is 0.900 bits per heavy atom. The first-order valence-corrected chi connectivity index (χ1v) is 9.57. The number of hydrogen-bond donors (Lipinski definition) is 3. The highest BCUT2D eigenvalue weighted by molar-refractivity contribution is 5.96. The number of carbonyl (C=O) groups is 3. The van der Waals surface area contributed by atoms with Crippen LogP contribution in [0.5, 0.6) is 5.75 Å². The SMILES string of the molecule is CCc1ccc(OCC(=O)NNC(=O)c2ccc(NC(=O)OC(C)(C)C)cc2)cc1. The van der Waals surface area contributed by atoms with Crippen LogP contribution in [0.4, 0.5) is 10.5 Å². The zero-order valence-electron chi connectivity index (χ0n) is 17.6. The minimum Gasteiger partial charge on any atom is -0.484 e. The van der Waals surface area contributed by atoms with Gasteiger partial charge in [0.25, 0.3) is 11.8 Å². The van der Waals surface area contributed by atoms with Gasteiger partial charge >= 0.3 is 6.09 Å². The molecule has 0 fully saturated rings. The largest absolute Gasteiger partial charge is 0.484 e. The van der Waals surface area contributed by atoms with E-state index in [1.54, 1.807) is 45.0 Å². The second-order valence-corrected chi connectivity index (χ2v) is 7.49. The van der Waals surface area contributed by atoms with E-state index in [4.69, 9.17) is 9.47 Å². The van der Waals surface area contributed by atoms with Crippen LogP contribution in [0.3, 0.4) is 0 Å². The lowest BCUT2D eigenvalue weighted by molar-refractivity contribution is -0.123. The van der Waals surface area contributed by atoms with Crippen LogP contribution in [0, 0.1) is 0 Å². The van der Waals surface area contributed by atoms with Crippen molar-refractivity contribution < 1.29 is 23.9 Å². The van der Waals surface area contributed by atoms with Crippen molar-refractivity contribution in [2.24, 2.45) is 0 Å². The fourth-order valence-corrected chi connectivity index (χ4v) is 2.33. The molecule has 0 aromatic heterocycles. The topological polar surface area (TPSA) is 106 Å². The van der Waals surface area contributed by atoms with Gasteiger partial charge in [0, 0.05) is 11.3 Å². The van der Waals surface area contributed by atoms with Crippen molar-refractivity contribution in [3.05, 3.63) is 59.7 Å². The Morgan fingerprint density at radius 2 is 1.53 bits per heavy atom. The van der Waals surface area contributed by atoms with Gasteiger partial charge in [-0.25, -0.2) is 4.79 Å². The molecule has 8 heteroatoms. The maximum absolute atomic E-state index is 12.1. The van der Waals surface area contributed by atoms with Crippen LogP contribution in [0.2, 0.25) is 0 Å². The van der Waals surface area contributed by atoms with Gasteiger partial charge in [0.15, 0.2) is 6.61 Å². The van der Waals surface area contributed by atoms with Crippen molar-refractivity contribution >= 4 is 23.6 Å². The lowest BCUT2D eigenvalue weighted by atomic mass is 10.2. The highest BCUT2D eigenvalue weighted by Gasteiger charge is 2.16. The van der Waals surface area contributed by atoms with Gasteiger partial charge in [-0.15, -0.1) is 0 Å². The Labute approximate surface area is 175 Å². The van der Waals surface area contributed by atoms with E-state index in [1.807, 2.05) is 12.1 Å². The number of rotatable bonds is 6. The van der Waals surface area contributed by atoms with Crippen molar-refractivity contribution in [3.63, 3.8) is 0 Å². The lowest BCUT2D eigenvalue weighted by Gasteiger charge is -2.19. The molecular formula is C22H27N3O5. The molecule has 160 valence electrons. The van der Waals surface area contributed by atoms with Crippen LogP contribution < -0.4 is 20.9 Å². The van der Waals surface area contributed by atoms with Gasteiger partial charge in [0.05, 0.1) is 0 Å². The van der Waals surface area contributed by atoms with Crippen molar-refractivity contribution in [2.75, 3.05) is 11.9 Å². The Morgan fingerprint density at radius 3 is 2.10 bits per heavy atom. The normalized spacial score (nSPS) is 10.7. The molecule has 3 N–H and O–H groups in total. The minimum absolute atomic E-state index is 0.232. The van der Waals surface area contributed by atoms with E-state index in [9.17, 15) is 14.4 Å². The summed E-state index contributed by atoms with van der Waals surface area (Å²) in [5.41, 5.74) is 5.96. The lowest BCUT2D eigenvalue weighted by Crippen LogP contribution is -2.43. The Kier molecular flexibility index (Phi) is 7.80. The molecule has 0 heterocycles. The second kappa shape index (κ2) is 10.3. The van der Waals surface area contributed by atoms with Crippen molar-refractivity contribution in [3.8, 4) is 5.75 Å². The summed E-state index contributed by atoms with van der Waals surface area (Å²) in [5.74, 6) is -0.424. The number of hydrazine groups is 1. The molecule has 0 aliphatic carbocycles. The summed E-state index contributed by atoms with van der Waals surface area (Å²) < 4.78 is 10.5. The van der Waals surface area contributed by atoms with Crippen LogP contribution in [-0.4, -0.2) is 30.1 Å². The van der Waals surface area contributed by atoms with E-state index >= 15 is 0 Å². The van der Waals surface area contributed by atoms with Gasteiger partial charge in [-0.1, -0.05) is 19.1 Å². The van der Waals surface area contributed by atoms with Gasteiger partial charge in [-0.2, -0.15) is 0 Å². The number of amides is 3. The van der Waals surface area contributed by atoms with Gasteiger partial charge in [-0.3, -0.25) is 25.8 Å². The molecule has 2 aromatic rings. The molecule has 0 bridgehead atoms. The Bertz CT molecular complexity index is 871. The average Bonchev–Trinajstić information content (AvgIpc) is 2.70. The van der Waals surface area contributed by atoms with Crippen LogP contribution in [0.25, 0.3) is 0 Å². The highest BCUT2D eigenvalue weighted by Crippen LogP contribution is 2.13. The molecule has 2 rings (SSSR count). The maximum Gasteiger partial charge on any atom is 0.412 e. The van der Waals surface area contributed by atoms with Crippen LogP contribution in [0.15, 0.2) is 48.5 Å². The van der Waals surface area contributed by atoms with E-state index in [-0.39, 0.29) is 6.61 Å². The summed E-state index contributed by atoms with van der Waals surface area (Å²) in [7, 11) is 0. The third-order valence-corrected chi connectivity index (χ3v) is 3.81. The molecule has 0 aliphatic heterocycles. The number of aryl methyl sites for hydroxylation is 1. The van der Waals surface area contributed by atoms with E-state index in [1.165, 1.54) is 17.7 Å². The standard InChI is InChI=1S/C22H27N3O5/c1-5-15-6-12-18(13-7-15)29-14-19(26)24-25-20(27)16-8-10-17(11-9-16)23-21(28)30-22(2,3)4/h6-13H,5,14H2,1-4H3,(H,23,28)(H,24,26)(H,25,27). The summed E-state index contributed by atoms with van der Waals surface area (Å²) in [4.78, 5) is 35.7. The number of carbonyl (C=O) groups excluding carboxylic acids is 3. The van der Waals surface area contributed by atoms with E-state index < -0.39 is 23.5 Å². The number of hydrogen-bond acceptors (Lipinski definition) is 5. The maximum atomic E-state index is 12.1. The number of ether oxygens (including phenoxy) is 2. The van der Waals surface area contributed by atoms with Gasteiger partial charge in [0.2, 0.25) is 0 Å². The summed E-state index contributed by atoms with van der Waals surface area (Å²) in [5, 5.41) is 2.58. The number of benzene rings is 2. The monoisotopic (exact) mass is 413 g/mol. The fraction of sp³-hybridized carbons (Fsp3) is 0.318. The Balaban J connectivity index is 1.77. The molecule has 0 atom stereocenters. The average molecular weight is 413 g/mol. The van der Waals surface area contributed by atoms with Crippen LogP contribution in [-0.2, 0) is 16.0 Å². The van der Waals surface area contributed by atoms with Crippen LogP contribution >= 0.6 is 0 Å². The fourth-order valence-electron chi connectivity index (χ4n) is 2.33. The van der Waals surface area contributed by atoms with Crippen molar-refractivity contribution in [1.82, 2.24) is 10.9 Å². The zero-order valence-corrected chi connectivity index (χ0v) is 17.6. The Hall–Kier alpha value is -3.55. The first kappa shape index (κ1) is 22.7. The first-order valence-electron chi connectivity index (χ1n) is 9.57. The smallest absolute Gasteiger partial charge is 0.412 e. The second-order valence-electron chi connectivity index (χ2n) is 7.49. The summed E-state index contributed by atoms with van der Waals surface area (Å²) in [6, 6.07) is 13.6. The molecule has 0 saturated heterocycles. The molecule has 2 aromatic carbocycles. The molecule has 0 saturated carbocycles. The summed E-state index contributed by atoms with van der Waals surface area (Å²) >= 11 is 0. The summed E-state index contributed by atoms with van der Waals surface area (Å²) in [6.07, 6.45) is 0.335. The highest BCUT2D eigenvalue weighted by atomic mass is 16.6. The quantitative estimate of drug-likeness (QED) is 0.629. The third kappa shape index (κ3) is 7.83. The van der Waals surface area contributed by atoms with Gasteiger partial charge in [-0.05, 0) is 69.2 Å². The van der Waals surface area contributed by atoms with E-state index in [0.717, 1.165) is 6.42 Å². The van der Waals surface area contributed by atoms with Crippen molar-refractivity contribution in [1.29, 1.82) is 0 Å². The molecule has 8 nitrogen and oxygen atoms in total. The summed E-state index contributed by atoms with van der Waals surface area (Å²) in [6.45, 7) is 7.12. The predicted octanol–water partition coefficient (Wildman–Crippen LogP) is 3.44. The molecule has 30 heavy (non-hydrogen) atoms. The molecule has 3 amide bonds. The van der Waals surface area contributed by atoms with E-state index in [2.05, 4.69) is 23.1 Å². The van der Waals surface area contributed by atoms with Gasteiger partial charge in [0.1, 0.15) is 11.4 Å². The molecular weight excluding hydrogens is 386 g/mol. The van der Waals surface area contributed by atoms with Crippen molar-refractivity contribution in [2.45, 2.75) is 39.7 Å². The third-order valence-electron chi connectivity index (χ3n) is 3.81. The minimum atomic E-state index is -0.606. The molecule has 0 spiro atoms. The zero-order chi connectivity index (χ0) is 22.1. The van der Waals surface area contributed by atoms with E-state index in [0.29, 0.717) is 17.0 Å². The number of nitrogens with one attached hydrogen (secondary N) is 3. The number of anilines is 1. The van der Waals surface area contributed by atoms with Crippen LogP contribution in [0.1, 0.15) is 43.6 Å². The first-order chi connectivity index (χ1) is 14.2. The molecule has 0 unspecified atom stereocenters. The van der Waals surface area contributed by atoms with Gasteiger partial charge < -0.3 is 9.47 Å². The predicted molar refractivity (Wildman–Crippen MR) is 113 cm³/mol. The molecule has 0 aliphatic rings.